The van der Waals surface area contributed by atoms with Gasteiger partial charge in [0, 0.05) is 32.5 Å². The Bertz CT molecular complexity index is 420. The second kappa shape index (κ2) is 6.68. The molecule has 0 aliphatic carbocycles. The van der Waals surface area contributed by atoms with Crippen LogP contribution in [0.25, 0.3) is 0 Å². The molecule has 0 amide bonds. The second-order valence-corrected chi connectivity index (χ2v) is 6.04. The van der Waals surface area contributed by atoms with Gasteiger partial charge in [0.15, 0.2) is 0 Å². The molecule has 0 radical (unpaired) electrons. The molecule has 0 spiro atoms. The maximum Gasteiger partial charge on any atom is 0.215 e. The fourth-order valence-electron chi connectivity index (χ4n) is 1.36. The third kappa shape index (κ3) is 4.80. The Kier molecular flexibility index (Phi) is 5.54. The highest BCUT2D eigenvalue weighted by atomic mass is 32.2. The van der Waals surface area contributed by atoms with E-state index in [1.807, 2.05) is 12.1 Å². The normalized spacial score (nSPS) is 11.9. The summed E-state index contributed by atoms with van der Waals surface area (Å²) in [7, 11) is 0.222. The Morgan fingerprint density at radius 3 is 2.59 bits per heavy atom. The first-order valence-electron chi connectivity index (χ1n) is 5.54. The predicted molar refractivity (Wildman–Crippen MR) is 68.3 cm³/mol. The fraction of sp³-hybridized carbons (Fsp3) is 0.545. The van der Waals surface area contributed by atoms with Gasteiger partial charge in [0.05, 0.1) is 5.75 Å². The lowest BCUT2D eigenvalue weighted by molar-refractivity contribution is 0.471. The minimum atomic E-state index is -3.14. The highest BCUT2D eigenvalue weighted by molar-refractivity contribution is 7.89. The molecule has 1 N–H and O–H groups in total. The van der Waals surface area contributed by atoms with Gasteiger partial charge in [0.2, 0.25) is 10.0 Å². The number of pyridine rings is 1. The van der Waals surface area contributed by atoms with Crippen molar-refractivity contribution in [1.29, 1.82) is 0 Å². The van der Waals surface area contributed by atoms with Crippen LogP contribution < -0.4 is 5.32 Å². The van der Waals surface area contributed by atoms with E-state index in [-0.39, 0.29) is 5.75 Å². The topological polar surface area (TPSA) is 62.3 Å². The van der Waals surface area contributed by atoms with Crippen molar-refractivity contribution in [1.82, 2.24) is 14.6 Å². The average molecular weight is 257 g/mol. The van der Waals surface area contributed by atoms with Gasteiger partial charge in [0.25, 0.3) is 0 Å². The average Bonchev–Trinajstić information content (AvgIpc) is 2.34. The lowest BCUT2D eigenvalue weighted by Gasteiger charge is -2.16. The van der Waals surface area contributed by atoms with E-state index in [0.717, 1.165) is 5.56 Å². The van der Waals surface area contributed by atoms with Crippen molar-refractivity contribution in [2.24, 2.45) is 0 Å². The van der Waals surface area contributed by atoms with Crippen LogP contribution in [0.4, 0.5) is 0 Å². The van der Waals surface area contributed by atoms with E-state index in [4.69, 9.17) is 0 Å². The number of rotatable bonds is 7. The minimum absolute atomic E-state index is 0.135. The molecule has 5 nitrogen and oxygen atoms in total. The van der Waals surface area contributed by atoms with Crippen molar-refractivity contribution in [3.63, 3.8) is 0 Å². The van der Waals surface area contributed by atoms with Crippen LogP contribution in [0, 0.1) is 0 Å². The highest BCUT2D eigenvalue weighted by Crippen LogP contribution is 2.02. The zero-order chi connectivity index (χ0) is 12.7. The Morgan fingerprint density at radius 1 is 1.35 bits per heavy atom. The number of nitrogens with one attached hydrogen (secondary N) is 1. The van der Waals surface area contributed by atoms with Gasteiger partial charge in [0.1, 0.15) is 0 Å². The number of likely N-dealkylation sites (N-methyl/N-ethyl adjacent to an activating group) is 1. The number of aromatic nitrogens is 1. The zero-order valence-corrected chi connectivity index (χ0v) is 11.1. The summed E-state index contributed by atoms with van der Waals surface area (Å²) in [4.78, 5) is 3.92. The molecule has 17 heavy (non-hydrogen) atoms. The second-order valence-electron chi connectivity index (χ2n) is 3.85. The van der Waals surface area contributed by atoms with E-state index < -0.39 is 10.0 Å². The largest absolute Gasteiger partial charge is 0.319 e. The third-order valence-electron chi connectivity index (χ3n) is 2.55. The molecule has 0 aliphatic rings. The molecule has 0 aromatic carbocycles. The van der Waals surface area contributed by atoms with E-state index in [9.17, 15) is 8.42 Å². The first-order valence-corrected chi connectivity index (χ1v) is 7.14. The van der Waals surface area contributed by atoms with Gasteiger partial charge < -0.3 is 5.32 Å². The van der Waals surface area contributed by atoms with Crippen LogP contribution in [0.1, 0.15) is 5.56 Å². The van der Waals surface area contributed by atoms with Gasteiger partial charge in [-0.15, -0.1) is 0 Å². The van der Waals surface area contributed by atoms with Crippen molar-refractivity contribution < 1.29 is 8.42 Å². The van der Waals surface area contributed by atoms with Gasteiger partial charge >= 0.3 is 0 Å². The molecule has 0 bridgehead atoms. The summed E-state index contributed by atoms with van der Waals surface area (Å²) in [5.41, 5.74) is 1.09. The standard InChI is InChI=1S/C11H19N3O2S/c1-12-8-10-17(15,16)14(2)9-5-11-3-6-13-7-4-11/h3-4,6-7,12H,5,8-10H2,1-2H3. The first kappa shape index (κ1) is 14.1. The molecule has 1 heterocycles. The number of sulfonamides is 1. The van der Waals surface area contributed by atoms with Crippen LogP contribution in [-0.4, -0.2) is 50.6 Å². The smallest absolute Gasteiger partial charge is 0.215 e. The minimum Gasteiger partial charge on any atom is -0.319 e. The molecule has 0 saturated heterocycles. The highest BCUT2D eigenvalue weighted by Gasteiger charge is 2.16. The van der Waals surface area contributed by atoms with Gasteiger partial charge in [-0.3, -0.25) is 4.98 Å². The number of hydrogen-bond acceptors (Lipinski definition) is 4. The molecule has 96 valence electrons. The van der Waals surface area contributed by atoms with E-state index in [0.29, 0.717) is 19.5 Å². The van der Waals surface area contributed by atoms with Crippen LogP contribution >= 0.6 is 0 Å². The SMILES string of the molecule is CNCCS(=O)(=O)N(C)CCc1ccncc1. The monoisotopic (exact) mass is 257 g/mol. The van der Waals surface area contributed by atoms with Crippen molar-refractivity contribution in [3.05, 3.63) is 30.1 Å². The maximum atomic E-state index is 11.8. The van der Waals surface area contributed by atoms with Gasteiger partial charge in [-0.1, -0.05) is 0 Å². The van der Waals surface area contributed by atoms with Gasteiger partial charge in [-0.05, 0) is 31.2 Å². The lowest BCUT2D eigenvalue weighted by Crippen LogP contribution is -2.34. The van der Waals surface area contributed by atoms with E-state index in [2.05, 4.69) is 10.3 Å². The van der Waals surface area contributed by atoms with Crippen LogP contribution in [0.2, 0.25) is 0 Å². The number of nitrogens with zero attached hydrogens (tertiary/aromatic N) is 2. The summed E-state index contributed by atoms with van der Waals surface area (Å²) in [5.74, 6) is 0.135. The van der Waals surface area contributed by atoms with Crippen LogP contribution in [0.5, 0.6) is 0 Å². The van der Waals surface area contributed by atoms with E-state index in [1.165, 1.54) is 4.31 Å². The predicted octanol–water partition coefficient (Wildman–Crippen LogP) is 0.105. The molecule has 0 atom stereocenters. The zero-order valence-electron chi connectivity index (χ0n) is 10.3. The van der Waals surface area contributed by atoms with Gasteiger partial charge in [-0.2, -0.15) is 0 Å². The Labute approximate surface area is 103 Å². The molecule has 1 rings (SSSR count). The Balaban J connectivity index is 2.47. The summed E-state index contributed by atoms with van der Waals surface area (Å²) in [6, 6.07) is 3.79. The summed E-state index contributed by atoms with van der Waals surface area (Å²) in [5, 5.41) is 2.84. The lowest BCUT2D eigenvalue weighted by atomic mass is 10.2. The Hall–Kier alpha value is -0.980. The van der Waals surface area contributed by atoms with E-state index >= 15 is 0 Å². The van der Waals surface area contributed by atoms with Crippen molar-refractivity contribution >= 4 is 10.0 Å². The molecule has 1 aromatic rings. The summed E-state index contributed by atoms with van der Waals surface area (Å²) < 4.78 is 25.0. The summed E-state index contributed by atoms with van der Waals surface area (Å²) in [6.45, 7) is 0.970. The van der Waals surface area contributed by atoms with Crippen molar-refractivity contribution in [2.45, 2.75) is 6.42 Å². The van der Waals surface area contributed by atoms with Crippen molar-refractivity contribution in [3.8, 4) is 0 Å². The molecule has 0 aliphatic heterocycles. The Morgan fingerprint density at radius 2 is 2.00 bits per heavy atom. The maximum absolute atomic E-state index is 11.8. The van der Waals surface area contributed by atoms with Crippen LogP contribution in [-0.2, 0) is 16.4 Å². The van der Waals surface area contributed by atoms with Gasteiger partial charge in [-0.25, -0.2) is 12.7 Å². The van der Waals surface area contributed by atoms with E-state index in [1.54, 1.807) is 26.5 Å². The molecule has 0 fully saturated rings. The summed E-state index contributed by atoms with van der Waals surface area (Å²) >= 11 is 0. The van der Waals surface area contributed by atoms with Crippen LogP contribution in [0.3, 0.4) is 0 Å². The molecule has 0 unspecified atom stereocenters. The molecule has 6 heteroatoms. The quantitative estimate of drug-likeness (QED) is 0.753. The molecule has 0 saturated carbocycles. The fourth-order valence-corrected chi connectivity index (χ4v) is 2.51. The van der Waals surface area contributed by atoms with Crippen LogP contribution in [0.15, 0.2) is 24.5 Å². The molecular weight excluding hydrogens is 238 g/mol. The summed E-state index contributed by atoms with van der Waals surface area (Å²) in [6.07, 6.45) is 4.13. The first-order chi connectivity index (χ1) is 8.06. The molecular formula is C11H19N3O2S. The van der Waals surface area contributed by atoms with Crippen molar-refractivity contribution in [2.75, 3.05) is 32.9 Å². The molecule has 1 aromatic heterocycles. The number of hydrogen-bond donors (Lipinski definition) is 1. The third-order valence-corrected chi connectivity index (χ3v) is 4.40.